The Morgan fingerprint density at radius 1 is 1.08 bits per heavy atom. The van der Waals surface area contributed by atoms with E-state index in [1.807, 2.05) is 32.0 Å². The van der Waals surface area contributed by atoms with Gasteiger partial charge in [-0.25, -0.2) is 4.39 Å². The molecule has 0 spiro atoms. The molecule has 0 saturated carbocycles. The van der Waals surface area contributed by atoms with Crippen LogP contribution in [0.25, 0.3) is 0 Å². The quantitative estimate of drug-likeness (QED) is 0.877. The van der Waals surface area contributed by atoms with Gasteiger partial charge < -0.3 is 10.2 Å². The predicted molar refractivity (Wildman–Crippen MR) is 97.1 cm³/mol. The fourth-order valence-electron chi connectivity index (χ4n) is 2.67. The van der Waals surface area contributed by atoms with Crippen molar-refractivity contribution in [3.05, 3.63) is 65.0 Å². The van der Waals surface area contributed by atoms with Gasteiger partial charge in [0.1, 0.15) is 12.4 Å². The van der Waals surface area contributed by atoms with Crippen molar-refractivity contribution in [3.63, 3.8) is 0 Å². The van der Waals surface area contributed by atoms with Gasteiger partial charge >= 0.3 is 0 Å². The smallest absolute Gasteiger partial charge is 0.240 e. The van der Waals surface area contributed by atoms with Crippen LogP contribution in [-0.2, 0) is 16.0 Å². The van der Waals surface area contributed by atoms with Crippen molar-refractivity contribution in [1.29, 1.82) is 0 Å². The molecule has 2 amide bonds. The van der Waals surface area contributed by atoms with Crippen LogP contribution < -0.4 is 10.2 Å². The summed E-state index contributed by atoms with van der Waals surface area (Å²) in [4.78, 5) is 25.6. The second-order valence-corrected chi connectivity index (χ2v) is 6.12. The zero-order valence-corrected chi connectivity index (χ0v) is 14.8. The molecule has 0 atom stereocenters. The van der Waals surface area contributed by atoms with E-state index in [4.69, 9.17) is 0 Å². The van der Waals surface area contributed by atoms with Crippen LogP contribution in [0, 0.1) is 19.7 Å². The molecule has 2 aromatic carbocycles. The highest BCUT2D eigenvalue weighted by Crippen LogP contribution is 2.21. The maximum absolute atomic E-state index is 12.9. The highest BCUT2D eigenvalue weighted by Gasteiger charge is 2.17. The van der Waals surface area contributed by atoms with Crippen LogP contribution in [0.5, 0.6) is 0 Å². The maximum atomic E-state index is 12.9. The van der Waals surface area contributed by atoms with Gasteiger partial charge in [-0.2, -0.15) is 0 Å². The molecule has 2 aromatic rings. The van der Waals surface area contributed by atoms with Crippen molar-refractivity contribution in [3.8, 4) is 0 Å². The summed E-state index contributed by atoms with van der Waals surface area (Å²) < 4.78 is 12.9. The monoisotopic (exact) mass is 342 g/mol. The molecule has 0 aliphatic heterocycles. The molecule has 132 valence electrons. The molecular weight excluding hydrogens is 319 g/mol. The second kappa shape index (κ2) is 8.42. The number of anilines is 1. The first-order valence-electron chi connectivity index (χ1n) is 8.23. The number of amides is 2. The number of nitrogens with one attached hydrogen (secondary N) is 1. The van der Waals surface area contributed by atoms with Crippen LogP contribution in [0.15, 0.2) is 42.5 Å². The summed E-state index contributed by atoms with van der Waals surface area (Å²) in [5.41, 5.74) is 3.74. The third-order valence-corrected chi connectivity index (χ3v) is 3.97. The zero-order chi connectivity index (χ0) is 18.4. The molecule has 0 aliphatic carbocycles. The van der Waals surface area contributed by atoms with Crippen molar-refractivity contribution < 1.29 is 14.0 Å². The van der Waals surface area contributed by atoms with E-state index in [1.54, 1.807) is 12.1 Å². The second-order valence-electron chi connectivity index (χ2n) is 6.12. The molecule has 0 heterocycles. The first-order chi connectivity index (χ1) is 11.9. The Hall–Kier alpha value is -2.69. The van der Waals surface area contributed by atoms with Crippen LogP contribution in [0.4, 0.5) is 10.1 Å². The van der Waals surface area contributed by atoms with E-state index in [0.717, 1.165) is 22.4 Å². The number of carbonyl (C=O) groups excluding carboxylic acids is 2. The Labute approximate surface area is 147 Å². The van der Waals surface area contributed by atoms with E-state index in [0.29, 0.717) is 13.0 Å². The lowest BCUT2D eigenvalue weighted by molar-refractivity contribution is -0.123. The molecule has 0 bridgehead atoms. The summed E-state index contributed by atoms with van der Waals surface area (Å²) in [6.45, 7) is 5.76. The van der Waals surface area contributed by atoms with Crippen LogP contribution in [0.2, 0.25) is 0 Å². The fourth-order valence-corrected chi connectivity index (χ4v) is 2.67. The number of carbonyl (C=O) groups is 2. The largest absolute Gasteiger partial charge is 0.354 e. The molecule has 4 nitrogen and oxygen atoms in total. The Balaban J connectivity index is 1.94. The lowest BCUT2D eigenvalue weighted by atomic mass is 10.1. The van der Waals surface area contributed by atoms with E-state index in [9.17, 15) is 14.0 Å². The van der Waals surface area contributed by atoms with Crippen molar-refractivity contribution in [1.82, 2.24) is 5.32 Å². The summed E-state index contributed by atoms with van der Waals surface area (Å²) in [5.74, 6) is -0.684. The van der Waals surface area contributed by atoms with Gasteiger partial charge in [0.15, 0.2) is 0 Å². The minimum absolute atomic E-state index is 0.0251. The zero-order valence-electron chi connectivity index (χ0n) is 14.8. The van der Waals surface area contributed by atoms with Gasteiger partial charge in [0.05, 0.1) is 0 Å². The lowest BCUT2D eigenvalue weighted by Crippen LogP contribution is -2.40. The predicted octanol–water partition coefficient (Wildman–Crippen LogP) is 3.15. The molecular formula is C20H23FN2O2. The van der Waals surface area contributed by atoms with Crippen LogP contribution in [0.1, 0.15) is 23.6 Å². The average Bonchev–Trinajstić information content (AvgIpc) is 2.55. The number of halogens is 1. The van der Waals surface area contributed by atoms with Gasteiger partial charge in [0, 0.05) is 19.2 Å². The molecule has 0 aromatic heterocycles. The van der Waals surface area contributed by atoms with Gasteiger partial charge in [0.25, 0.3) is 0 Å². The summed E-state index contributed by atoms with van der Waals surface area (Å²) in [7, 11) is 0. The first-order valence-corrected chi connectivity index (χ1v) is 8.23. The highest BCUT2D eigenvalue weighted by atomic mass is 19.1. The van der Waals surface area contributed by atoms with Gasteiger partial charge in [-0.05, 0) is 49.6 Å². The average molecular weight is 342 g/mol. The topological polar surface area (TPSA) is 49.4 Å². The number of hydrogen-bond acceptors (Lipinski definition) is 2. The number of hydrogen-bond donors (Lipinski definition) is 1. The van der Waals surface area contributed by atoms with Crippen molar-refractivity contribution in [2.24, 2.45) is 0 Å². The summed E-state index contributed by atoms with van der Waals surface area (Å²) in [6.07, 6.45) is 0.607. The van der Waals surface area contributed by atoms with Gasteiger partial charge in [-0.15, -0.1) is 0 Å². The molecule has 0 saturated heterocycles. The molecule has 0 unspecified atom stereocenters. The van der Waals surface area contributed by atoms with E-state index in [2.05, 4.69) is 5.32 Å². The SMILES string of the molecule is CC(=O)N(CC(=O)NCCc1ccc(F)cc1)c1ccc(C)cc1C. The standard InChI is InChI=1S/C20H23FN2O2/c1-14-4-9-19(15(2)12-14)23(16(3)24)13-20(25)22-11-10-17-5-7-18(21)8-6-17/h4-9,12H,10-11,13H2,1-3H3,(H,22,25). The van der Waals surface area contributed by atoms with Gasteiger partial charge in [0.2, 0.25) is 11.8 Å². The summed E-state index contributed by atoms with van der Waals surface area (Å²) in [6, 6.07) is 11.9. The third-order valence-electron chi connectivity index (χ3n) is 3.97. The third kappa shape index (κ3) is 5.41. The molecule has 0 radical (unpaired) electrons. The van der Waals surface area contributed by atoms with E-state index in [1.165, 1.54) is 24.0 Å². The summed E-state index contributed by atoms with van der Waals surface area (Å²) >= 11 is 0. The molecule has 2 rings (SSSR count). The molecule has 0 fully saturated rings. The summed E-state index contributed by atoms with van der Waals surface area (Å²) in [5, 5.41) is 2.81. The van der Waals surface area contributed by atoms with E-state index < -0.39 is 0 Å². The Kier molecular flexibility index (Phi) is 6.28. The number of nitrogens with zero attached hydrogens (tertiary/aromatic N) is 1. The van der Waals surface area contributed by atoms with Crippen molar-refractivity contribution in [2.75, 3.05) is 18.0 Å². The minimum atomic E-state index is -0.279. The van der Waals surface area contributed by atoms with E-state index in [-0.39, 0.29) is 24.2 Å². The first kappa shape index (κ1) is 18.6. The number of aryl methyl sites for hydroxylation is 2. The van der Waals surface area contributed by atoms with Gasteiger partial charge in [-0.1, -0.05) is 29.8 Å². The van der Waals surface area contributed by atoms with E-state index >= 15 is 0 Å². The molecule has 1 N–H and O–H groups in total. The Morgan fingerprint density at radius 3 is 2.36 bits per heavy atom. The molecule has 0 aliphatic rings. The fraction of sp³-hybridized carbons (Fsp3) is 0.300. The highest BCUT2D eigenvalue weighted by molar-refractivity contribution is 5.98. The van der Waals surface area contributed by atoms with Crippen molar-refractivity contribution in [2.45, 2.75) is 27.2 Å². The van der Waals surface area contributed by atoms with Crippen molar-refractivity contribution >= 4 is 17.5 Å². The lowest BCUT2D eigenvalue weighted by Gasteiger charge is -2.23. The number of rotatable bonds is 6. The van der Waals surface area contributed by atoms with Crippen LogP contribution >= 0.6 is 0 Å². The van der Waals surface area contributed by atoms with Crippen LogP contribution in [-0.4, -0.2) is 24.9 Å². The maximum Gasteiger partial charge on any atom is 0.240 e. The molecule has 5 heteroatoms. The normalized spacial score (nSPS) is 10.4. The van der Waals surface area contributed by atoms with Gasteiger partial charge in [-0.3, -0.25) is 9.59 Å². The number of benzene rings is 2. The molecule has 25 heavy (non-hydrogen) atoms. The van der Waals surface area contributed by atoms with Crippen LogP contribution in [0.3, 0.4) is 0 Å². The Morgan fingerprint density at radius 2 is 1.76 bits per heavy atom. The minimum Gasteiger partial charge on any atom is -0.354 e. The Bertz CT molecular complexity index is 757.